The summed E-state index contributed by atoms with van der Waals surface area (Å²) in [6, 6.07) is 28.3. The highest BCUT2D eigenvalue weighted by Gasteiger charge is 2.15. The van der Waals surface area contributed by atoms with Crippen molar-refractivity contribution >= 4 is 38.8 Å². The minimum atomic E-state index is -0.915. The SMILES string of the molecule is CC/C(=C(/c1ccc2cc(C(=O)O)ccc2c1)c1ccc2[nH]ncc2c1)c1ccccc1. The molecular formula is C28H22N2O2. The molecule has 32 heavy (non-hydrogen) atoms. The van der Waals surface area contributed by atoms with Crippen LogP contribution in [0.15, 0.2) is 91.1 Å². The van der Waals surface area contributed by atoms with E-state index in [1.807, 2.05) is 24.4 Å². The fourth-order valence-corrected chi connectivity index (χ4v) is 4.31. The van der Waals surface area contributed by atoms with E-state index in [1.54, 1.807) is 12.1 Å². The van der Waals surface area contributed by atoms with Gasteiger partial charge in [0.15, 0.2) is 0 Å². The first kappa shape index (κ1) is 19.8. The lowest BCUT2D eigenvalue weighted by Gasteiger charge is -2.17. The predicted molar refractivity (Wildman–Crippen MR) is 130 cm³/mol. The largest absolute Gasteiger partial charge is 0.478 e. The van der Waals surface area contributed by atoms with Crippen LogP contribution in [0.2, 0.25) is 0 Å². The van der Waals surface area contributed by atoms with Crippen LogP contribution in [0.5, 0.6) is 0 Å². The van der Waals surface area contributed by atoms with Crippen LogP contribution >= 0.6 is 0 Å². The summed E-state index contributed by atoms with van der Waals surface area (Å²) in [5.41, 5.74) is 7.15. The van der Waals surface area contributed by atoms with Gasteiger partial charge in [-0.05, 0) is 75.4 Å². The second-order valence-corrected chi connectivity index (χ2v) is 7.83. The van der Waals surface area contributed by atoms with E-state index in [9.17, 15) is 9.90 Å². The summed E-state index contributed by atoms with van der Waals surface area (Å²) in [4.78, 5) is 11.4. The molecule has 5 aromatic rings. The number of fused-ring (bicyclic) bond motifs is 2. The molecular weight excluding hydrogens is 396 g/mol. The van der Waals surface area contributed by atoms with E-state index in [-0.39, 0.29) is 0 Å². The highest BCUT2D eigenvalue weighted by molar-refractivity contribution is 6.03. The number of carboxylic acid groups (broad SMARTS) is 1. The third-order valence-electron chi connectivity index (χ3n) is 5.88. The van der Waals surface area contributed by atoms with Gasteiger partial charge in [-0.25, -0.2) is 4.79 Å². The molecule has 1 heterocycles. The van der Waals surface area contributed by atoms with Gasteiger partial charge < -0.3 is 5.11 Å². The second kappa shape index (κ2) is 8.16. The van der Waals surface area contributed by atoms with Crippen LogP contribution in [0, 0.1) is 0 Å². The summed E-state index contributed by atoms with van der Waals surface area (Å²) in [6.45, 7) is 2.18. The molecule has 0 unspecified atom stereocenters. The zero-order valence-corrected chi connectivity index (χ0v) is 17.7. The molecule has 4 nitrogen and oxygen atoms in total. The molecule has 0 saturated carbocycles. The maximum absolute atomic E-state index is 11.4. The molecule has 0 spiro atoms. The monoisotopic (exact) mass is 418 g/mol. The van der Waals surface area contributed by atoms with Crippen molar-refractivity contribution in [3.63, 3.8) is 0 Å². The Labute approximate surface area is 185 Å². The molecule has 0 aliphatic carbocycles. The number of carbonyl (C=O) groups is 1. The van der Waals surface area contributed by atoms with E-state index in [2.05, 4.69) is 71.7 Å². The number of allylic oxidation sites excluding steroid dienone is 1. The number of hydrogen-bond acceptors (Lipinski definition) is 2. The lowest BCUT2D eigenvalue weighted by atomic mass is 9.87. The molecule has 5 rings (SSSR count). The standard InChI is InChI=1S/C28H22N2O2/c1-2-25(18-6-4-3-5-7-18)27(22-12-13-26-24(16-22)17-29-30-26)21-10-8-20-15-23(28(31)32)11-9-19(20)14-21/h3-17H,2H2,1H3,(H,29,30)(H,31,32)/b27-25+. The number of hydrogen-bond donors (Lipinski definition) is 2. The van der Waals surface area contributed by atoms with Crippen LogP contribution in [-0.4, -0.2) is 21.3 Å². The summed E-state index contributed by atoms with van der Waals surface area (Å²) >= 11 is 0. The Balaban J connectivity index is 1.76. The molecule has 0 bridgehead atoms. The van der Waals surface area contributed by atoms with Crippen molar-refractivity contribution in [2.45, 2.75) is 13.3 Å². The fourth-order valence-electron chi connectivity index (χ4n) is 4.31. The normalized spacial score (nSPS) is 12.2. The average Bonchev–Trinajstić information content (AvgIpc) is 3.30. The third-order valence-corrected chi connectivity index (χ3v) is 5.88. The maximum Gasteiger partial charge on any atom is 0.335 e. The van der Waals surface area contributed by atoms with E-state index in [0.717, 1.165) is 39.2 Å². The molecule has 156 valence electrons. The fraction of sp³-hybridized carbons (Fsp3) is 0.0714. The molecule has 0 fully saturated rings. The molecule has 0 atom stereocenters. The number of nitrogens with one attached hydrogen (secondary N) is 1. The molecule has 0 radical (unpaired) electrons. The summed E-state index contributed by atoms with van der Waals surface area (Å²) in [5.74, 6) is -0.915. The second-order valence-electron chi connectivity index (χ2n) is 7.83. The van der Waals surface area contributed by atoms with Gasteiger partial charge in [-0.15, -0.1) is 0 Å². The number of rotatable bonds is 5. The molecule has 1 aromatic heterocycles. The molecule has 2 N–H and O–H groups in total. The number of aromatic carboxylic acids is 1. The van der Waals surface area contributed by atoms with Crippen molar-refractivity contribution in [3.05, 3.63) is 113 Å². The zero-order chi connectivity index (χ0) is 22.1. The van der Waals surface area contributed by atoms with Gasteiger partial charge in [0.05, 0.1) is 17.3 Å². The van der Waals surface area contributed by atoms with Gasteiger partial charge in [0, 0.05) is 5.39 Å². The Bertz CT molecular complexity index is 1480. The topological polar surface area (TPSA) is 66.0 Å². The molecule has 4 aromatic carbocycles. The Morgan fingerprint density at radius 3 is 2.09 bits per heavy atom. The van der Waals surface area contributed by atoms with Crippen LogP contribution in [-0.2, 0) is 0 Å². The van der Waals surface area contributed by atoms with E-state index in [0.29, 0.717) is 5.56 Å². The lowest BCUT2D eigenvalue weighted by molar-refractivity contribution is 0.0697. The van der Waals surface area contributed by atoms with Crippen molar-refractivity contribution in [1.82, 2.24) is 10.2 Å². The number of H-pyrrole nitrogens is 1. The third kappa shape index (κ3) is 3.56. The zero-order valence-electron chi connectivity index (χ0n) is 17.7. The Hall–Kier alpha value is -4.18. The van der Waals surface area contributed by atoms with Crippen molar-refractivity contribution in [2.75, 3.05) is 0 Å². The van der Waals surface area contributed by atoms with Gasteiger partial charge in [-0.2, -0.15) is 5.10 Å². The van der Waals surface area contributed by atoms with Crippen molar-refractivity contribution in [2.24, 2.45) is 0 Å². The number of aromatic amines is 1. The molecule has 0 saturated heterocycles. The molecule has 4 heteroatoms. The van der Waals surface area contributed by atoms with E-state index < -0.39 is 5.97 Å². The van der Waals surface area contributed by atoms with Gasteiger partial charge in [0.1, 0.15) is 0 Å². The van der Waals surface area contributed by atoms with Gasteiger partial charge in [0.25, 0.3) is 0 Å². The Kier molecular flexibility index (Phi) is 5.04. The first-order valence-electron chi connectivity index (χ1n) is 10.6. The number of benzene rings is 4. The number of carboxylic acids is 1. The Morgan fingerprint density at radius 1 is 0.781 bits per heavy atom. The summed E-state index contributed by atoms with van der Waals surface area (Å²) in [5, 5.41) is 19.5. The van der Waals surface area contributed by atoms with Gasteiger partial charge >= 0.3 is 5.97 Å². The predicted octanol–water partition coefficient (Wildman–Crippen LogP) is 6.78. The van der Waals surface area contributed by atoms with Crippen molar-refractivity contribution in [3.8, 4) is 0 Å². The van der Waals surface area contributed by atoms with Crippen molar-refractivity contribution < 1.29 is 9.90 Å². The van der Waals surface area contributed by atoms with E-state index >= 15 is 0 Å². The quantitative estimate of drug-likeness (QED) is 0.309. The number of nitrogens with zero attached hydrogens (tertiary/aromatic N) is 1. The van der Waals surface area contributed by atoms with E-state index in [4.69, 9.17) is 0 Å². The highest BCUT2D eigenvalue weighted by atomic mass is 16.4. The summed E-state index contributed by atoms with van der Waals surface area (Å²) in [7, 11) is 0. The maximum atomic E-state index is 11.4. The van der Waals surface area contributed by atoms with Crippen LogP contribution in [0.3, 0.4) is 0 Å². The van der Waals surface area contributed by atoms with Crippen LogP contribution in [0.4, 0.5) is 0 Å². The first-order chi connectivity index (χ1) is 15.6. The van der Waals surface area contributed by atoms with Gasteiger partial charge in [0.2, 0.25) is 0 Å². The van der Waals surface area contributed by atoms with Crippen molar-refractivity contribution in [1.29, 1.82) is 0 Å². The summed E-state index contributed by atoms with van der Waals surface area (Å²) in [6.07, 6.45) is 2.72. The van der Waals surface area contributed by atoms with Crippen LogP contribution in [0.25, 0.3) is 32.8 Å². The molecule has 0 aliphatic heterocycles. The highest BCUT2D eigenvalue weighted by Crippen LogP contribution is 2.36. The minimum Gasteiger partial charge on any atom is -0.478 e. The molecule has 0 amide bonds. The smallest absolute Gasteiger partial charge is 0.335 e. The number of aromatic nitrogens is 2. The minimum absolute atomic E-state index is 0.296. The summed E-state index contributed by atoms with van der Waals surface area (Å²) < 4.78 is 0. The molecule has 0 aliphatic rings. The van der Waals surface area contributed by atoms with Gasteiger partial charge in [-0.1, -0.05) is 61.5 Å². The Morgan fingerprint density at radius 2 is 1.41 bits per heavy atom. The van der Waals surface area contributed by atoms with Gasteiger partial charge in [-0.3, -0.25) is 5.10 Å². The van der Waals surface area contributed by atoms with Crippen LogP contribution < -0.4 is 0 Å². The average molecular weight is 418 g/mol. The van der Waals surface area contributed by atoms with Crippen LogP contribution in [0.1, 0.15) is 40.4 Å². The lowest BCUT2D eigenvalue weighted by Crippen LogP contribution is -1.97. The van der Waals surface area contributed by atoms with E-state index in [1.165, 1.54) is 16.7 Å². The first-order valence-corrected chi connectivity index (χ1v) is 10.6.